The van der Waals surface area contributed by atoms with Gasteiger partial charge in [0.15, 0.2) is 5.96 Å². The van der Waals surface area contributed by atoms with Gasteiger partial charge in [-0.15, -0.1) is 24.0 Å². The van der Waals surface area contributed by atoms with E-state index in [1.807, 2.05) is 6.07 Å². The fraction of sp³-hybridized carbons (Fsp3) is 0.722. The second-order valence-corrected chi connectivity index (χ2v) is 7.64. The number of hydrogen-bond acceptors (Lipinski definition) is 5. The molecule has 146 valence electrons. The predicted molar refractivity (Wildman–Crippen MR) is 117 cm³/mol. The monoisotopic (exact) mass is 473 g/mol. The number of halogens is 1. The molecule has 0 amide bonds. The number of rotatable bonds is 5. The number of anilines is 1. The van der Waals surface area contributed by atoms with Crippen molar-refractivity contribution in [2.75, 3.05) is 58.3 Å². The molecule has 1 aromatic heterocycles. The molecule has 0 bridgehead atoms. The SMILES string of the molecule is CN(C)CC1(CN=C(N)N2CCN(c3ncccn3)CC2)CCCC1.I. The van der Waals surface area contributed by atoms with Crippen LogP contribution < -0.4 is 10.6 Å². The quantitative estimate of drug-likeness (QED) is 0.399. The topological polar surface area (TPSA) is 73.9 Å². The summed E-state index contributed by atoms with van der Waals surface area (Å²) < 4.78 is 0. The molecule has 2 fully saturated rings. The van der Waals surface area contributed by atoms with E-state index in [4.69, 9.17) is 10.7 Å². The van der Waals surface area contributed by atoms with Crippen molar-refractivity contribution in [1.82, 2.24) is 19.8 Å². The summed E-state index contributed by atoms with van der Waals surface area (Å²) in [6, 6.07) is 1.84. The van der Waals surface area contributed by atoms with E-state index in [1.54, 1.807) is 12.4 Å². The molecule has 1 aliphatic carbocycles. The molecule has 3 rings (SSSR count). The lowest BCUT2D eigenvalue weighted by atomic mass is 9.86. The van der Waals surface area contributed by atoms with Gasteiger partial charge in [-0.25, -0.2) is 9.97 Å². The van der Waals surface area contributed by atoms with Crippen LogP contribution in [0.15, 0.2) is 23.5 Å². The third kappa shape index (κ3) is 5.42. The van der Waals surface area contributed by atoms with E-state index in [9.17, 15) is 0 Å². The summed E-state index contributed by atoms with van der Waals surface area (Å²) in [6.07, 6.45) is 8.74. The second kappa shape index (κ2) is 9.68. The summed E-state index contributed by atoms with van der Waals surface area (Å²) >= 11 is 0. The van der Waals surface area contributed by atoms with Gasteiger partial charge in [0.25, 0.3) is 0 Å². The first-order chi connectivity index (χ1) is 12.1. The Hall–Kier alpha value is -1.16. The molecule has 0 atom stereocenters. The summed E-state index contributed by atoms with van der Waals surface area (Å²) in [5.41, 5.74) is 6.63. The van der Waals surface area contributed by atoms with Gasteiger partial charge in [-0.3, -0.25) is 4.99 Å². The van der Waals surface area contributed by atoms with Gasteiger partial charge in [0.05, 0.1) is 0 Å². The van der Waals surface area contributed by atoms with Crippen LogP contribution in [0.25, 0.3) is 0 Å². The van der Waals surface area contributed by atoms with E-state index in [2.05, 4.69) is 38.8 Å². The van der Waals surface area contributed by atoms with E-state index in [0.717, 1.165) is 45.2 Å². The van der Waals surface area contributed by atoms with E-state index >= 15 is 0 Å². The number of guanidine groups is 1. The van der Waals surface area contributed by atoms with E-state index < -0.39 is 0 Å². The van der Waals surface area contributed by atoms with Crippen LogP contribution in [0.2, 0.25) is 0 Å². The van der Waals surface area contributed by atoms with Crippen LogP contribution in [-0.2, 0) is 0 Å². The molecule has 0 radical (unpaired) electrons. The highest BCUT2D eigenvalue weighted by atomic mass is 127. The molecular weight excluding hydrogens is 441 g/mol. The Labute approximate surface area is 174 Å². The van der Waals surface area contributed by atoms with Crippen molar-refractivity contribution >= 4 is 35.9 Å². The molecule has 26 heavy (non-hydrogen) atoms. The van der Waals surface area contributed by atoms with Crippen LogP contribution in [0, 0.1) is 5.41 Å². The van der Waals surface area contributed by atoms with Crippen molar-refractivity contribution in [3.63, 3.8) is 0 Å². The number of hydrogen-bond donors (Lipinski definition) is 1. The smallest absolute Gasteiger partial charge is 0.225 e. The van der Waals surface area contributed by atoms with Crippen molar-refractivity contribution < 1.29 is 0 Å². The lowest BCUT2D eigenvalue weighted by molar-refractivity contribution is 0.209. The van der Waals surface area contributed by atoms with Gasteiger partial charge in [-0.2, -0.15) is 0 Å². The largest absolute Gasteiger partial charge is 0.370 e. The zero-order chi connectivity index (χ0) is 17.7. The van der Waals surface area contributed by atoms with Crippen LogP contribution in [-0.4, -0.2) is 79.1 Å². The Bertz CT molecular complexity index is 564. The van der Waals surface area contributed by atoms with Crippen molar-refractivity contribution in [2.45, 2.75) is 25.7 Å². The maximum Gasteiger partial charge on any atom is 0.225 e. The third-order valence-electron chi connectivity index (χ3n) is 5.33. The van der Waals surface area contributed by atoms with Gasteiger partial charge in [-0.1, -0.05) is 12.8 Å². The molecule has 1 saturated carbocycles. The average molecular weight is 473 g/mol. The molecule has 1 saturated heterocycles. The van der Waals surface area contributed by atoms with Crippen LogP contribution in [0.3, 0.4) is 0 Å². The van der Waals surface area contributed by atoms with Crippen LogP contribution in [0.1, 0.15) is 25.7 Å². The Balaban J connectivity index is 0.00000243. The summed E-state index contributed by atoms with van der Waals surface area (Å²) in [7, 11) is 4.30. The highest BCUT2D eigenvalue weighted by molar-refractivity contribution is 14.0. The maximum absolute atomic E-state index is 6.31. The molecule has 7 nitrogen and oxygen atoms in total. The lowest BCUT2D eigenvalue weighted by Crippen LogP contribution is -2.51. The van der Waals surface area contributed by atoms with E-state index in [1.165, 1.54) is 25.7 Å². The van der Waals surface area contributed by atoms with Crippen LogP contribution >= 0.6 is 24.0 Å². The van der Waals surface area contributed by atoms with Crippen molar-refractivity contribution in [3.05, 3.63) is 18.5 Å². The van der Waals surface area contributed by atoms with Gasteiger partial charge in [0, 0.05) is 57.1 Å². The highest BCUT2D eigenvalue weighted by Crippen LogP contribution is 2.38. The molecule has 2 aliphatic rings. The zero-order valence-electron chi connectivity index (χ0n) is 16.0. The summed E-state index contributed by atoms with van der Waals surface area (Å²) in [5.74, 6) is 1.49. The molecule has 2 N–H and O–H groups in total. The summed E-state index contributed by atoms with van der Waals surface area (Å²) in [6.45, 7) is 5.44. The Morgan fingerprint density at radius 3 is 2.35 bits per heavy atom. The van der Waals surface area contributed by atoms with Crippen molar-refractivity contribution in [3.8, 4) is 0 Å². The van der Waals surface area contributed by atoms with Gasteiger partial charge in [0.2, 0.25) is 5.95 Å². The molecule has 0 unspecified atom stereocenters. The Morgan fingerprint density at radius 1 is 1.15 bits per heavy atom. The second-order valence-electron chi connectivity index (χ2n) is 7.64. The molecule has 0 aromatic carbocycles. The standard InChI is InChI=1S/C18H31N7.HI/c1-23(2)15-18(6-3-4-7-18)14-22-16(19)24-10-12-25(13-11-24)17-20-8-5-9-21-17;/h5,8-9H,3-4,6-7,10-15H2,1-2H3,(H2,19,22);1H. The fourth-order valence-electron chi connectivity index (χ4n) is 4.10. The first-order valence-corrected chi connectivity index (χ1v) is 9.30. The fourth-order valence-corrected chi connectivity index (χ4v) is 4.10. The normalized spacial score (nSPS) is 20.3. The van der Waals surface area contributed by atoms with E-state index in [0.29, 0.717) is 11.4 Å². The predicted octanol–water partition coefficient (Wildman–Crippen LogP) is 1.65. The molecule has 1 aliphatic heterocycles. The number of nitrogens with zero attached hydrogens (tertiary/aromatic N) is 6. The first kappa shape index (κ1) is 21.1. The van der Waals surface area contributed by atoms with E-state index in [-0.39, 0.29) is 24.0 Å². The number of piperazine rings is 1. The van der Waals surface area contributed by atoms with Crippen molar-refractivity contribution in [2.24, 2.45) is 16.1 Å². The Kier molecular flexibility index (Phi) is 7.87. The highest BCUT2D eigenvalue weighted by Gasteiger charge is 2.34. The number of nitrogens with two attached hydrogens (primary N) is 1. The third-order valence-corrected chi connectivity index (χ3v) is 5.33. The molecule has 2 heterocycles. The summed E-state index contributed by atoms with van der Waals surface area (Å²) in [4.78, 5) is 20.1. The number of aromatic nitrogens is 2. The van der Waals surface area contributed by atoms with Gasteiger partial charge in [-0.05, 0) is 33.0 Å². The van der Waals surface area contributed by atoms with Gasteiger partial charge in [0.1, 0.15) is 0 Å². The molecule has 1 aromatic rings. The van der Waals surface area contributed by atoms with Crippen molar-refractivity contribution in [1.29, 1.82) is 0 Å². The maximum atomic E-state index is 6.31. The molecule has 8 heteroatoms. The molecular formula is C18H32IN7. The Morgan fingerprint density at radius 2 is 1.77 bits per heavy atom. The number of aliphatic imine (C=N–C) groups is 1. The van der Waals surface area contributed by atoms with Gasteiger partial charge >= 0.3 is 0 Å². The van der Waals surface area contributed by atoms with Gasteiger partial charge < -0.3 is 20.4 Å². The average Bonchev–Trinajstić information content (AvgIpc) is 3.08. The minimum atomic E-state index is 0. The molecule has 0 spiro atoms. The minimum absolute atomic E-state index is 0. The minimum Gasteiger partial charge on any atom is -0.370 e. The van der Waals surface area contributed by atoms with Crippen LogP contribution in [0.4, 0.5) is 5.95 Å². The van der Waals surface area contributed by atoms with Crippen LogP contribution in [0.5, 0.6) is 0 Å². The zero-order valence-corrected chi connectivity index (χ0v) is 18.3. The lowest BCUT2D eigenvalue weighted by Gasteiger charge is -2.36. The first-order valence-electron chi connectivity index (χ1n) is 9.30. The summed E-state index contributed by atoms with van der Waals surface area (Å²) in [5, 5.41) is 0.